The first-order valence-corrected chi connectivity index (χ1v) is 10.3. The van der Waals surface area contributed by atoms with Crippen LogP contribution in [-0.2, 0) is 6.54 Å². The molecule has 152 valence electrons. The summed E-state index contributed by atoms with van der Waals surface area (Å²) < 4.78 is 7.64. The van der Waals surface area contributed by atoms with Crippen molar-refractivity contribution in [2.24, 2.45) is 5.92 Å². The second-order valence-corrected chi connectivity index (χ2v) is 8.36. The van der Waals surface area contributed by atoms with Crippen molar-refractivity contribution in [1.82, 2.24) is 19.4 Å². The molecule has 1 amide bonds. The molecule has 1 atom stereocenters. The van der Waals surface area contributed by atoms with Crippen LogP contribution in [0.15, 0.2) is 36.7 Å². The van der Waals surface area contributed by atoms with Crippen LogP contribution in [0.2, 0.25) is 5.02 Å². The lowest BCUT2D eigenvalue weighted by Gasteiger charge is -2.19. The summed E-state index contributed by atoms with van der Waals surface area (Å²) in [6.45, 7) is 6.58. The average molecular weight is 413 g/mol. The quantitative estimate of drug-likeness (QED) is 0.624. The maximum absolute atomic E-state index is 13.1. The zero-order valence-electron chi connectivity index (χ0n) is 16.9. The van der Waals surface area contributed by atoms with Gasteiger partial charge in [-0.2, -0.15) is 0 Å². The van der Waals surface area contributed by atoms with E-state index in [-0.39, 0.29) is 11.8 Å². The van der Waals surface area contributed by atoms with Crippen LogP contribution < -0.4 is 4.74 Å². The van der Waals surface area contributed by atoms with Gasteiger partial charge in [0.2, 0.25) is 0 Å². The Balaban J connectivity index is 1.62. The molecule has 2 aromatic heterocycles. The number of rotatable bonds is 5. The molecule has 0 unspecified atom stereocenters. The number of imidazole rings is 1. The molecule has 3 aromatic rings. The summed E-state index contributed by atoms with van der Waals surface area (Å²) in [5.41, 5.74) is 2.51. The molecule has 3 heterocycles. The minimum Gasteiger partial charge on any atom is -0.496 e. The lowest BCUT2D eigenvalue weighted by Crippen LogP contribution is -2.29. The predicted octanol–water partition coefficient (Wildman–Crippen LogP) is 4.38. The van der Waals surface area contributed by atoms with Gasteiger partial charge in [-0.15, -0.1) is 0 Å². The Kier molecular flexibility index (Phi) is 5.46. The zero-order valence-corrected chi connectivity index (χ0v) is 17.7. The number of ether oxygens (including phenoxy) is 1. The highest BCUT2D eigenvalue weighted by molar-refractivity contribution is 6.31. The lowest BCUT2D eigenvalue weighted by molar-refractivity contribution is 0.0787. The first-order chi connectivity index (χ1) is 14.0. The Hall–Kier alpha value is -2.60. The number of aromatic nitrogens is 3. The third-order valence-corrected chi connectivity index (χ3v) is 5.60. The van der Waals surface area contributed by atoms with Crippen molar-refractivity contribution in [2.45, 2.75) is 32.7 Å². The van der Waals surface area contributed by atoms with Crippen molar-refractivity contribution in [3.8, 4) is 5.75 Å². The number of hydrogen-bond acceptors (Lipinski definition) is 4. The van der Waals surface area contributed by atoms with E-state index in [2.05, 4.69) is 23.4 Å². The lowest BCUT2D eigenvalue weighted by atomic mass is 10.1. The van der Waals surface area contributed by atoms with E-state index < -0.39 is 0 Å². The Morgan fingerprint density at radius 2 is 2.17 bits per heavy atom. The molecule has 1 aromatic carbocycles. The minimum absolute atomic E-state index is 0.0555. The van der Waals surface area contributed by atoms with Gasteiger partial charge < -0.3 is 14.2 Å². The van der Waals surface area contributed by atoms with Crippen LogP contribution in [0.5, 0.6) is 5.75 Å². The topological polar surface area (TPSA) is 60.2 Å². The van der Waals surface area contributed by atoms with Crippen molar-refractivity contribution in [2.75, 3.05) is 20.2 Å². The van der Waals surface area contributed by atoms with Gasteiger partial charge in [-0.3, -0.25) is 9.78 Å². The summed E-state index contributed by atoms with van der Waals surface area (Å²) in [5, 5.41) is 0.524. The van der Waals surface area contributed by atoms with Crippen LogP contribution in [0.1, 0.15) is 42.4 Å². The molecule has 4 rings (SSSR count). The molecule has 29 heavy (non-hydrogen) atoms. The Morgan fingerprint density at radius 1 is 1.34 bits per heavy atom. The minimum atomic E-state index is -0.0555. The molecule has 0 aliphatic carbocycles. The van der Waals surface area contributed by atoms with Crippen LogP contribution in [-0.4, -0.2) is 45.5 Å². The molecule has 1 aliphatic rings. The molecule has 7 heteroatoms. The smallest absolute Gasteiger partial charge is 0.257 e. The van der Waals surface area contributed by atoms with E-state index >= 15 is 0 Å². The SMILES string of the molecule is COc1ccc(Cl)cc1C(=O)N1CC[C@@H](c2nc3ccncc3n2CC(C)C)C1. The maximum atomic E-state index is 13.1. The molecule has 0 radical (unpaired) electrons. The van der Waals surface area contributed by atoms with Crippen LogP contribution in [0.25, 0.3) is 11.0 Å². The molecule has 1 saturated heterocycles. The van der Waals surface area contributed by atoms with Gasteiger partial charge in [0.05, 0.1) is 29.9 Å². The number of nitrogens with zero attached hydrogens (tertiary/aromatic N) is 4. The van der Waals surface area contributed by atoms with Gasteiger partial charge in [-0.05, 0) is 36.6 Å². The van der Waals surface area contributed by atoms with Gasteiger partial charge in [0.1, 0.15) is 11.6 Å². The van der Waals surface area contributed by atoms with Crippen molar-refractivity contribution in [3.63, 3.8) is 0 Å². The molecule has 0 spiro atoms. The van der Waals surface area contributed by atoms with Crippen LogP contribution in [0.3, 0.4) is 0 Å². The van der Waals surface area contributed by atoms with Crippen molar-refractivity contribution in [1.29, 1.82) is 0 Å². The standard InChI is InChI=1S/C22H25ClN4O2/c1-14(2)12-27-19-11-24-8-6-18(19)25-21(27)15-7-9-26(13-15)22(28)17-10-16(23)4-5-20(17)29-3/h4-6,8,10-11,14-15H,7,9,12-13H2,1-3H3/t15-/m1/s1. The number of hydrogen-bond donors (Lipinski definition) is 0. The number of likely N-dealkylation sites (tertiary alicyclic amines) is 1. The first-order valence-electron chi connectivity index (χ1n) is 9.91. The second-order valence-electron chi connectivity index (χ2n) is 7.92. The molecule has 0 N–H and O–H groups in total. The molecule has 1 aliphatic heterocycles. The van der Waals surface area contributed by atoms with Crippen molar-refractivity contribution >= 4 is 28.5 Å². The fourth-order valence-electron chi connectivity index (χ4n) is 4.03. The normalized spacial score (nSPS) is 16.7. The number of fused-ring (bicyclic) bond motifs is 1. The average Bonchev–Trinajstić information content (AvgIpc) is 3.32. The number of methoxy groups -OCH3 is 1. The fourth-order valence-corrected chi connectivity index (χ4v) is 4.20. The van der Waals surface area contributed by atoms with Crippen LogP contribution >= 0.6 is 11.6 Å². The largest absolute Gasteiger partial charge is 0.496 e. The number of pyridine rings is 1. The second kappa shape index (κ2) is 8.03. The first kappa shape index (κ1) is 19.7. The summed E-state index contributed by atoms with van der Waals surface area (Å²) in [5.74, 6) is 2.20. The molecular formula is C22H25ClN4O2. The molecule has 0 saturated carbocycles. The third kappa shape index (κ3) is 3.81. The molecule has 0 bridgehead atoms. The number of carbonyl (C=O) groups excluding carboxylic acids is 1. The summed E-state index contributed by atoms with van der Waals surface area (Å²) in [6.07, 6.45) is 4.53. The van der Waals surface area contributed by atoms with E-state index in [4.69, 9.17) is 21.3 Å². The number of amides is 1. The fraction of sp³-hybridized carbons (Fsp3) is 0.409. The zero-order chi connectivity index (χ0) is 20.5. The van der Waals surface area contributed by atoms with E-state index in [1.54, 1.807) is 31.5 Å². The molecular weight excluding hydrogens is 388 g/mol. The van der Waals surface area contributed by atoms with Gasteiger partial charge in [0.15, 0.2) is 0 Å². The van der Waals surface area contributed by atoms with Gasteiger partial charge in [-0.25, -0.2) is 4.98 Å². The van der Waals surface area contributed by atoms with Gasteiger partial charge in [0, 0.05) is 36.8 Å². The summed E-state index contributed by atoms with van der Waals surface area (Å²) in [6, 6.07) is 7.09. The number of carbonyl (C=O) groups is 1. The van der Waals surface area contributed by atoms with Crippen molar-refractivity contribution in [3.05, 3.63) is 53.1 Å². The van der Waals surface area contributed by atoms with Crippen LogP contribution in [0.4, 0.5) is 0 Å². The summed E-state index contributed by atoms with van der Waals surface area (Å²) >= 11 is 6.12. The highest BCUT2D eigenvalue weighted by atomic mass is 35.5. The highest BCUT2D eigenvalue weighted by Gasteiger charge is 2.32. The number of benzene rings is 1. The summed E-state index contributed by atoms with van der Waals surface area (Å²) in [4.78, 5) is 24.2. The van der Waals surface area contributed by atoms with Gasteiger partial charge in [-0.1, -0.05) is 25.4 Å². The number of halogens is 1. The van der Waals surface area contributed by atoms with E-state index in [0.29, 0.717) is 35.3 Å². The van der Waals surface area contributed by atoms with E-state index in [9.17, 15) is 4.79 Å². The maximum Gasteiger partial charge on any atom is 0.257 e. The van der Waals surface area contributed by atoms with Gasteiger partial charge in [0.25, 0.3) is 5.91 Å². The van der Waals surface area contributed by atoms with E-state index in [0.717, 1.165) is 29.8 Å². The Labute approximate surface area is 175 Å². The van der Waals surface area contributed by atoms with Crippen LogP contribution in [0, 0.1) is 5.92 Å². The summed E-state index contributed by atoms with van der Waals surface area (Å²) in [7, 11) is 1.56. The molecule has 6 nitrogen and oxygen atoms in total. The Morgan fingerprint density at radius 3 is 2.93 bits per heavy atom. The highest BCUT2D eigenvalue weighted by Crippen LogP contribution is 2.32. The van der Waals surface area contributed by atoms with E-state index in [1.807, 2.05) is 17.2 Å². The molecule has 1 fully saturated rings. The predicted molar refractivity (Wildman–Crippen MR) is 114 cm³/mol. The van der Waals surface area contributed by atoms with Gasteiger partial charge >= 0.3 is 0 Å². The third-order valence-electron chi connectivity index (χ3n) is 5.36. The van der Waals surface area contributed by atoms with Crippen molar-refractivity contribution < 1.29 is 9.53 Å². The van der Waals surface area contributed by atoms with E-state index in [1.165, 1.54) is 0 Å². The Bertz CT molecular complexity index is 1050. The monoisotopic (exact) mass is 412 g/mol.